The molecule has 1 aromatic rings. The molecular weight excluding hydrogens is 256 g/mol. The maximum Gasteiger partial charge on any atom is 0.358 e. The summed E-state index contributed by atoms with van der Waals surface area (Å²) in [6.45, 7) is 4.71. The molecule has 0 saturated heterocycles. The third-order valence-electron chi connectivity index (χ3n) is 2.20. The van der Waals surface area contributed by atoms with Crippen LogP contribution in [0.25, 0.3) is 0 Å². The number of hydrogen-bond donors (Lipinski definition) is 0. The second-order valence-corrected chi connectivity index (χ2v) is 4.47. The number of esters is 1. The Hall–Kier alpha value is -1.20. The molecule has 0 aliphatic carbocycles. The molecule has 0 spiro atoms. The molecule has 0 amide bonds. The molecular formula is C12H17ClN2O3. The van der Waals surface area contributed by atoms with Crippen LogP contribution >= 0.6 is 11.6 Å². The zero-order valence-corrected chi connectivity index (χ0v) is 11.5. The van der Waals surface area contributed by atoms with E-state index in [0.717, 1.165) is 0 Å². The number of ether oxygens (including phenoxy) is 2. The molecule has 0 aromatic carbocycles. The van der Waals surface area contributed by atoms with Crippen molar-refractivity contribution in [1.29, 1.82) is 0 Å². The van der Waals surface area contributed by atoms with Crippen molar-refractivity contribution in [3.63, 3.8) is 0 Å². The van der Waals surface area contributed by atoms with Crippen molar-refractivity contribution in [2.45, 2.75) is 26.2 Å². The maximum atomic E-state index is 11.8. The number of methoxy groups -OCH3 is 1. The van der Waals surface area contributed by atoms with Crippen molar-refractivity contribution in [3.05, 3.63) is 22.7 Å². The molecule has 0 aliphatic heterocycles. The van der Waals surface area contributed by atoms with E-state index in [-0.39, 0.29) is 23.2 Å². The molecule has 6 heteroatoms. The molecule has 1 rings (SSSR count). The molecule has 0 fully saturated rings. The van der Waals surface area contributed by atoms with Gasteiger partial charge in [0.25, 0.3) is 0 Å². The van der Waals surface area contributed by atoms with E-state index in [1.54, 1.807) is 7.11 Å². The molecule has 1 heterocycles. The van der Waals surface area contributed by atoms with Crippen LogP contribution in [0.4, 0.5) is 0 Å². The van der Waals surface area contributed by atoms with Crippen molar-refractivity contribution in [2.75, 3.05) is 20.3 Å². The van der Waals surface area contributed by atoms with Crippen molar-refractivity contribution in [2.24, 2.45) is 0 Å². The molecule has 0 atom stereocenters. The van der Waals surface area contributed by atoms with Gasteiger partial charge in [0.15, 0.2) is 5.69 Å². The molecule has 0 saturated carbocycles. The van der Waals surface area contributed by atoms with E-state index in [2.05, 4.69) is 9.97 Å². The van der Waals surface area contributed by atoms with Crippen molar-refractivity contribution in [1.82, 2.24) is 9.97 Å². The standard InChI is InChI=1S/C12H17ClN2O3/c1-8(2)11-14-7-9(13)10(15-11)12(16)18-6-4-5-17-3/h7-8H,4-6H2,1-3H3. The number of rotatable bonds is 6. The second kappa shape index (κ2) is 7.28. The Balaban J connectivity index is 2.69. The molecule has 0 unspecified atom stereocenters. The van der Waals surface area contributed by atoms with Crippen LogP contribution in [0.5, 0.6) is 0 Å². The van der Waals surface area contributed by atoms with E-state index in [1.807, 2.05) is 13.8 Å². The number of carbonyl (C=O) groups is 1. The first-order valence-corrected chi connectivity index (χ1v) is 6.12. The fraction of sp³-hybridized carbons (Fsp3) is 0.583. The quantitative estimate of drug-likeness (QED) is 0.588. The smallest absolute Gasteiger partial charge is 0.358 e. The van der Waals surface area contributed by atoms with Crippen LogP contribution in [0.3, 0.4) is 0 Å². The van der Waals surface area contributed by atoms with Gasteiger partial charge in [-0.1, -0.05) is 25.4 Å². The van der Waals surface area contributed by atoms with Crippen LogP contribution in [-0.4, -0.2) is 36.3 Å². The summed E-state index contributed by atoms with van der Waals surface area (Å²) in [5.74, 6) is 0.172. The van der Waals surface area contributed by atoms with Crippen LogP contribution < -0.4 is 0 Å². The summed E-state index contributed by atoms with van der Waals surface area (Å²) in [5.41, 5.74) is 0.118. The molecule has 0 aliphatic rings. The summed E-state index contributed by atoms with van der Waals surface area (Å²) in [6, 6.07) is 0. The summed E-state index contributed by atoms with van der Waals surface area (Å²) in [6.07, 6.45) is 2.07. The Morgan fingerprint density at radius 3 is 2.78 bits per heavy atom. The highest BCUT2D eigenvalue weighted by molar-refractivity contribution is 6.33. The summed E-state index contributed by atoms with van der Waals surface area (Å²) in [4.78, 5) is 19.9. The van der Waals surface area contributed by atoms with Crippen LogP contribution in [-0.2, 0) is 9.47 Å². The number of halogens is 1. The normalized spacial score (nSPS) is 10.7. The Kier molecular flexibility index (Phi) is 6.01. The van der Waals surface area contributed by atoms with E-state index in [1.165, 1.54) is 6.20 Å². The lowest BCUT2D eigenvalue weighted by Crippen LogP contribution is -2.12. The van der Waals surface area contributed by atoms with E-state index in [9.17, 15) is 4.79 Å². The van der Waals surface area contributed by atoms with Crippen LogP contribution in [0, 0.1) is 0 Å². The third kappa shape index (κ3) is 4.23. The first-order chi connectivity index (χ1) is 8.56. The molecule has 0 radical (unpaired) electrons. The zero-order valence-electron chi connectivity index (χ0n) is 10.8. The van der Waals surface area contributed by atoms with Gasteiger partial charge in [0.2, 0.25) is 0 Å². The van der Waals surface area contributed by atoms with Gasteiger partial charge >= 0.3 is 5.97 Å². The van der Waals surface area contributed by atoms with Gasteiger partial charge in [-0.2, -0.15) is 0 Å². The lowest BCUT2D eigenvalue weighted by molar-refractivity contribution is 0.0461. The summed E-state index contributed by atoms with van der Waals surface area (Å²) in [7, 11) is 1.60. The largest absolute Gasteiger partial charge is 0.461 e. The van der Waals surface area contributed by atoms with Gasteiger partial charge in [-0.3, -0.25) is 0 Å². The van der Waals surface area contributed by atoms with Crippen LogP contribution in [0.2, 0.25) is 5.02 Å². The van der Waals surface area contributed by atoms with Crippen molar-refractivity contribution >= 4 is 17.6 Å². The SMILES string of the molecule is COCCCOC(=O)c1nc(C(C)C)ncc1Cl. The monoisotopic (exact) mass is 272 g/mol. The lowest BCUT2D eigenvalue weighted by Gasteiger charge is -2.08. The van der Waals surface area contributed by atoms with Gasteiger partial charge in [-0.25, -0.2) is 14.8 Å². The maximum absolute atomic E-state index is 11.8. The van der Waals surface area contributed by atoms with E-state index >= 15 is 0 Å². The zero-order chi connectivity index (χ0) is 13.5. The summed E-state index contributed by atoms with van der Waals surface area (Å²) >= 11 is 5.89. The number of nitrogens with zero attached hydrogens (tertiary/aromatic N) is 2. The third-order valence-corrected chi connectivity index (χ3v) is 2.48. The Labute approximate surface area is 111 Å². The predicted octanol–water partition coefficient (Wildman–Crippen LogP) is 2.45. The van der Waals surface area contributed by atoms with E-state index < -0.39 is 5.97 Å². The molecule has 0 bridgehead atoms. The minimum atomic E-state index is -0.527. The minimum Gasteiger partial charge on any atom is -0.461 e. The van der Waals surface area contributed by atoms with E-state index in [4.69, 9.17) is 21.1 Å². The van der Waals surface area contributed by atoms with Gasteiger partial charge < -0.3 is 9.47 Å². The first kappa shape index (κ1) is 14.9. The molecule has 18 heavy (non-hydrogen) atoms. The topological polar surface area (TPSA) is 61.3 Å². The average Bonchev–Trinajstić information content (AvgIpc) is 2.34. The van der Waals surface area contributed by atoms with Gasteiger partial charge in [-0.15, -0.1) is 0 Å². The average molecular weight is 273 g/mol. The second-order valence-electron chi connectivity index (χ2n) is 4.06. The van der Waals surface area contributed by atoms with Crippen molar-refractivity contribution < 1.29 is 14.3 Å². The predicted molar refractivity (Wildman–Crippen MR) is 67.9 cm³/mol. The van der Waals surface area contributed by atoms with Gasteiger partial charge in [-0.05, 0) is 0 Å². The minimum absolute atomic E-state index is 0.118. The number of aromatic nitrogens is 2. The van der Waals surface area contributed by atoms with Crippen molar-refractivity contribution in [3.8, 4) is 0 Å². The first-order valence-electron chi connectivity index (χ1n) is 5.74. The Morgan fingerprint density at radius 2 is 2.17 bits per heavy atom. The number of carbonyl (C=O) groups excluding carboxylic acids is 1. The number of hydrogen-bond acceptors (Lipinski definition) is 5. The lowest BCUT2D eigenvalue weighted by atomic mass is 10.2. The van der Waals surface area contributed by atoms with Gasteiger partial charge in [0, 0.05) is 26.1 Å². The van der Waals surface area contributed by atoms with Gasteiger partial charge in [0.05, 0.1) is 17.8 Å². The molecule has 5 nitrogen and oxygen atoms in total. The highest BCUT2D eigenvalue weighted by Gasteiger charge is 2.16. The fourth-order valence-electron chi connectivity index (χ4n) is 1.24. The fourth-order valence-corrected chi connectivity index (χ4v) is 1.41. The molecule has 1 aromatic heterocycles. The van der Waals surface area contributed by atoms with Gasteiger partial charge in [0.1, 0.15) is 5.82 Å². The molecule has 0 N–H and O–H groups in total. The highest BCUT2D eigenvalue weighted by Crippen LogP contribution is 2.17. The van der Waals surface area contributed by atoms with Crippen LogP contribution in [0.15, 0.2) is 6.20 Å². The summed E-state index contributed by atoms with van der Waals surface area (Å²) in [5, 5.41) is 0.205. The Morgan fingerprint density at radius 1 is 1.44 bits per heavy atom. The Bertz CT molecular complexity index is 410. The van der Waals surface area contributed by atoms with E-state index in [0.29, 0.717) is 18.9 Å². The molecule has 100 valence electrons. The summed E-state index contributed by atoms with van der Waals surface area (Å²) < 4.78 is 9.91. The van der Waals surface area contributed by atoms with Crippen LogP contribution in [0.1, 0.15) is 42.5 Å². The highest BCUT2D eigenvalue weighted by atomic mass is 35.5.